The van der Waals surface area contributed by atoms with Crippen LogP contribution in [-0.4, -0.2) is 15.7 Å². The molecule has 8 heteroatoms. The summed E-state index contributed by atoms with van der Waals surface area (Å²) in [6, 6.07) is 8.63. The molecule has 0 spiro atoms. The van der Waals surface area contributed by atoms with E-state index in [2.05, 4.69) is 10.4 Å². The quantitative estimate of drug-likeness (QED) is 0.941. The Bertz CT molecular complexity index is 742. The third kappa shape index (κ3) is 4.10. The number of carbonyl (C=O) groups is 1. The number of anilines is 1. The SMILES string of the molecule is Cn1ncc(NC(=O)CCc2ccc(C#N)cc2)c1C(F)(F)F. The summed E-state index contributed by atoms with van der Waals surface area (Å²) in [6.07, 6.45) is -3.24. The summed E-state index contributed by atoms with van der Waals surface area (Å²) in [7, 11) is 1.16. The number of nitrogens with one attached hydrogen (secondary N) is 1. The Labute approximate surface area is 130 Å². The largest absolute Gasteiger partial charge is 0.435 e. The first-order chi connectivity index (χ1) is 10.8. The predicted octanol–water partition coefficient (Wildman–Crippen LogP) is 2.88. The lowest BCUT2D eigenvalue weighted by atomic mass is 10.1. The molecule has 0 radical (unpaired) electrons. The van der Waals surface area contributed by atoms with E-state index < -0.39 is 17.8 Å². The van der Waals surface area contributed by atoms with E-state index in [4.69, 9.17) is 5.26 Å². The molecular formula is C15H13F3N4O. The van der Waals surface area contributed by atoms with Gasteiger partial charge in [-0.1, -0.05) is 12.1 Å². The molecule has 1 aromatic heterocycles. The van der Waals surface area contributed by atoms with Gasteiger partial charge in [0.25, 0.3) is 0 Å². The Balaban J connectivity index is 1.99. The van der Waals surface area contributed by atoms with Crippen molar-refractivity contribution in [1.82, 2.24) is 9.78 Å². The van der Waals surface area contributed by atoms with Crippen LogP contribution in [0.4, 0.5) is 18.9 Å². The van der Waals surface area contributed by atoms with Crippen molar-refractivity contribution >= 4 is 11.6 Å². The highest BCUT2D eigenvalue weighted by Crippen LogP contribution is 2.34. The van der Waals surface area contributed by atoms with Crippen LogP contribution < -0.4 is 5.32 Å². The maximum atomic E-state index is 12.9. The fourth-order valence-corrected chi connectivity index (χ4v) is 2.08. The first-order valence-corrected chi connectivity index (χ1v) is 6.69. The molecule has 5 nitrogen and oxygen atoms in total. The molecule has 1 N–H and O–H groups in total. The van der Waals surface area contributed by atoms with E-state index in [-0.39, 0.29) is 12.1 Å². The van der Waals surface area contributed by atoms with Crippen LogP contribution in [0.25, 0.3) is 0 Å². The van der Waals surface area contributed by atoms with Crippen LogP contribution in [-0.2, 0) is 24.4 Å². The molecular weight excluding hydrogens is 309 g/mol. The molecule has 1 aromatic carbocycles. The van der Waals surface area contributed by atoms with Gasteiger partial charge in [0.15, 0.2) is 5.69 Å². The zero-order valence-corrected chi connectivity index (χ0v) is 12.2. The molecule has 23 heavy (non-hydrogen) atoms. The molecule has 0 aliphatic carbocycles. The monoisotopic (exact) mass is 322 g/mol. The van der Waals surface area contributed by atoms with Crippen LogP contribution in [0, 0.1) is 11.3 Å². The van der Waals surface area contributed by atoms with Gasteiger partial charge in [-0.15, -0.1) is 0 Å². The molecule has 2 rings (SSSR count). The van der Waals surface area contributed by atoms with E-state index in [1.165, 1.54) is 0 Å². The minimum absolute atomic E-state index is 0.0259. The van der Waals surface area contributed by atoms with Crippen molar-refractivity contribution in [2.24, 2.45) is 7.05 Å². The van der Waals surface area contributed by atoms with E-state index in [1.54, 1.807) is 24.3 Å². The van der Waals surface area contributed by atoms with Gasteiger partial charge in [0.2, 0.25) is 5.91 Å². The third-order valence-corrected chi connectivity index (χ3v) is 3.21. The molecule has 1 amide bonds. The number of benzene rings is 1. The van der Waals surface area contributed by atoms with E-state index >= 15 is 0 Å². The number of alkyl halides is 3. The van der Waals surface area contributed by atoms with Gasteiger partial charge in [-0.05, 0) is 24.1 Å². The van der Waals surface area contributed by atoms with Crippen molar-refractivity contribution in [1.29, 1.82) is 5.26 Å². The van der Waals surface area contributed by atoms with E-state index in [0.29, 0.717) is 16.7 Å². The molecule has 0 aliphatic heterocycles. The molecule has 2 aromatic rings. The maximum Gasteiger partial charge on any atom is 0.435 e. The summed E-state index contributed by atoms with van der Waals surface area (Å²) < 4.78 is 39.3. The third-order valence-electron chi connectivity index (χ3n) is 3.21. The highest BCUT2D eigenvalue weighted by Gasteiger charge is 2.37. The Morgan fingerprint density at radius 3 is 2.57 bits per heavy atom. The van der Waals surface area contributed by atoms with Crippen LogP contribution in [0.15, 0.2) is 30.5 Å². The molecule has 0 atom stereocenters. The summed E-state index contributed by atoms with van der Waals surface area (Å²) >= 11 is 0. The first-order valence-electron chi connectivity index (χ1n) is 6.69. The van der Waals surface area contributed by atoms with Crippen LogP contribution in [0.1, 0.15) is 23.2 Å². The Morgan fingerprint density at radius 1 is 1.35 bits per heavy atom. The number of nitriles is 1. The average Bonchev–Trinajstić information content (AvgIpc) is 2.86. The molecule has 0 aliphatic rings. The lowest BCUT2D eigenvalue weighted by molar-refractivity contribution is -0.143. The molecule has 1 heterocycles. The van der Waals surface area contributed by atoms with Gasteiger partial charge < -0.3 is 5.32 Å². The normalized spacial score (nSPS) is 11.1. The minimum Gasteiger partial charge on any atom is -0.323 e. The van der Waals surface area contributed by atoms with Gasteiger partial charge in [-0.25, -0.2) is 0 Å². The second kappa shape index (κ2) is 6.52. The second-order valence-corrected chi connectivity index (χ2v) is 4.89. The number of hydrogen-bond donors (Lipinski definition) is 1. The van der Waals surface area contributed by atoms with E-state index in [0.717, 1.165) is 18.8 Å². The van der Waals surface area contributed by atoms with Crippen molar-refractivity contribution in [2.75, 3.05) is 5.32 Å². The summed E-state index contributed by atoms with van der Waals surface area (Å²) in [5.41, 5.74) is -0.0289. The van der Waals surface area contributed by atoms with Crippen molar-refractivity contribution < 1.29 is 18.0 Å². The zero-order valence-electron chi connectivity index (χ0n) is 12.2. The lowest BCUT2D eigenvalue weighted by Crippen LogP contribution is -2.18. The zero-order chi connectivity index (χ0) is 17.0. The van der Waals surface area contributed by atoms with Crippen LogP contribution >= 0.6 is 0 Å². The number of halogens is 3. The first kappa shape index (κ1) is 16.5. The number of aryl methyl sites for hydroxylation is 2. The van der Waals surface area contributed by atoms with Crippen molar-refractivity contribution in [3.63, 3.8) is 0 Å². The van der Waals surface area contributed by atoms with Gasteiger partial charge in [-0.3, -0.25) is 9.48 Å². The van der Waals surface area contributed by atoms with Gasteiger partial charge >= 0.3 is 6.18 Å². The molecule has 120 valence electrons. The highest BCUT2D eigenvalue weighted by atomic mass is 19.4. The molecule has 0 unspecified atom stereocenters. The van der Waals surface area contributed by atoms with Gasteiger partial charge in [-0.2, -0.15) is 23.5 Å². The summed E-state index contributed by atoms with van der Waals surface area (Å²) in [5, 5.41) is 14.5. The Hall–Kier alpha value is -2.82. The highest BCUT2D eigenvalue weighted by molar-refractivity contribution is 5.91. The number of hydrogen-bond acceptors (Lipinski definition) is 3. The summed E-state index contributed by atoms with van der Waals surface area (Å²) in [6.45, 7) is 0. The standard InChI is InChI=1S/C15H13F3N4O/c1-22-14(15(16,17)18)12(9-20-22)21-13(23)7-6-10-2-4-11(8-19)5-3-10/h2-5,9H,6-7H2,1H3,(H,21,23). The van der Waals surface area contributed by atoms with Crippen LogP contribution in [0.2, 0.25) is 0 Å². The van der Waals surface area contributed by atoms with Crippen LogP contribution in [0.3, 0.4) is 0 Å². The Morgan fingerprint density at radius 2 is 2.00 bits per heavy atom. The number of aromatic nitrogens is 2. The maximum absolute atomic E-state index is 12.9. The van der Waals surface area contributed by atoms with Crippen LogP contribution in [0.5, 0.6) is 0 Å². The fraction of sp³-hybridized carbons (Fsp3) is 0.267. The number of carbonyl (C=O) groups excluding carboxylic acids is 1. The van der Waals surface area contributed by atoms with E-state index in [1.807, 2.05) is 6.07 Å². The molecule has 0 saturated carbocycles. The fourth-order valence-electron chi connectivity index (χ4n) is 2.08. The van der Waals surface area contributed by atoms with Crippen molar-refractivity contribution in [3.8, 4) is 6.07 Å². The van der Waals surface area contributed by atoms with Crippen molar-refractivity contribution in [3.05, 3.63) is 47.3 Å². The number of nitrogens with zero attached hydrogens (tertiary/aromatic N) is 3. The predicted molar refractivity (Wildman–Crippen MR) is 76.3 cm³/mol. The molecule has 0 bridgehead atoms. The average molecular weight is 322 g/mol. The lowest BCUT2D eigenvalue weighted by Gasteiger charge is -2.10. The van der Waals surface area contributed by atoms with Gasteiger partial charge in [0, 0.05) is 13.5 Å². The van der Waals surface area contributed by atoms with E-state index in [9.17, 15) is 18.0 Å². The smallest absolute Gasteiger partial charge is 0.323 e. The summed E-state index contributed by atoms with van der Waals surface area (Å²) in [4.78, 5) is 11.8. The Kier molecular flexibility index (Phi) is 4.69. The van der Waals surface area contributed by atoms with Crippen molar-refractivity contribution in [2.45, 2.75) is 19.0 Å². The number of rotatable bonds is 4. The molecule has 0 fully saturated rings. The number of amides is 1. The minimum atomic E-state index is -4.60. The summed E-state index contributed by atoms with van der Waals surface area (Å²) in [5.74, 6) is -0.534. The topological polar surface area (TPSA) is 70.7 Å². The van der Waals surface area contributed by atoms with Gasteiger partial charge in [0.1, 0.15) is 0 Å². The van der Waals surface area contributed by atoms with Gasteiger partial charge in [0.05, 0.1) is 23.5 Å². The second-order valence-electron chi connectivity index (χ2n) is 4.89. The molecule has 0 saturated heterocycles.